The summed E-state index contributed by atoms with van der Waals surface area (Å²) in [5.41, 5.74) is 1.20. The molecule has 1 aliphatic rings. The SMILES string of the molecule is CCCN(CCC)CCNC(=O)c1ccc2c(=O)n3c(nc2c1)CCCC3. The summed E-state index contributed by atoms with van der Waals surface area (Å²) in [7, 11) is 0. The average molecular weight is 370 g/mol. The van der Waals surface area contributed by atoms with Crippen LogP contribution >= 0.6 is 0 Å². The first-order valence-electron chi connectivity index (χ1n) is 10.2. The predicted molar refractivity (Wildman–Crippen MR) is 108 cm³/mol. The van der Waals surface area contributed by atoms with Gasteiger partial charge >= 0.3 is 0 Å². The molecule has 2 aromatic rings. The van der Waals surface area contributed by atoms with E-state index in [1.807, 2.05) is 0 Å². The molecule has 0 aliphatic carbocycles. The van der Waals surface area contributed by atoms with Crippen molar-refractivity contribution in [2.75, 3.05) is 26.2 Å². The third-order valence-corrected chi connectivity index (χ3v) is 5.12. The van der Waals surface area contributed by atoms with Crippen molar-refractivity contribution < 1.29 is 4.79 Å². The maximum atomic E-state index is 12.6. The van der Waals surface area contributed by atoms with Gasteiger partial charge in [-0.25, -0.2) is 4.98 Å². The zero-order valence-corrected chi connectivity index (χ0v) is 16.5. The number of hydrogen-bond acceptors (Lipinski definition) is 4. The third-order valence-electron chi connectivity index (χ3n) is 5.12. The molecule has 0 spiro atoms. The van der Waals surface area contributed by atoms with Gasteiger partial charge in [-0.1, -0.05) is 13.8 Å². The van der Waals surface area contributed by atoms with E-state index in [1.165, 1.54) is 0 Å². The van der Waals surface area contributed by atoms with Gasteiger partial charge in [0.15, 0.2) is 0 Å². The minimum absolute atomic E-state index is 0.0106. The second-order valence-corrected chi connectivity index (χ2v) is 7.27. The maximum Gasteiger partial charge on any atom is 0.261 e. The molecule has 146 valence electrons. The summed E-state index contributed by atoms with van der Waals surface area (Å²) < 4.78 is 1.78. The van der Waals surface area contributed by atoms with E-state index in [9.17, 15) is 9.59 Å². The monoisotopic (exact) mass is 370 g/mol. The second-order valence-electron chi connectivity index (χ2n) is 7.27. The van der Waals surface area contributed by atoms with Gasteiger partial charge in [0, 0.05) is 31.6 Å². The van der Waals surface area contributed by atoms with E-state index < -0.39 is 0 Å². The zero-order chi connectivity index (χ0) is 19.2. The molecule has 0 radical (unpaired) electrons. The maximum absolute atomic E-state index is 12.6. The molecule has 2 heterocycles. The lowest BCUT2D eigenvalue weighted by molar-refractivity contribution is 0.0948. The molecule has 1 amide bonds. The Morgan fingerprint density at radius 3 is 2.70 bits per heavy atom. The molecule has 1 aromatic carbocycles. The number of nitrogens with zero attached hydrogens (tertiary/aromatic N) is 3. The van der Waals surface area contributed by atoms with Gasteiger partial charge in [-0.15, -0.1) is 0 Å². The molecule has 27 heavy (non-hydrogen) atoms. The van der Waals surface area contributed by atoms with Gasteiger partial charge in [0.2, 0.25) is 0 Å². The predicted octanol–water partition coefficient (Wildman–Crippen LogP) is 2.58. The number of nitrogens with one attached hydrogen (secondary N) is 1. The zero-order valence-electron chi connectivity index (χ0n) is 16.5. The van der Waals surface area contributed by atoms with Crippen LogP contribution in [-0.4, -0.2) is 46.5 Å². The van der Waals surface area contributed by atoms with Crippen LogP contribution in [0.5, 0.6) is 0 Å². The van der Waals surface area contributed by atoms with Crippen LogP contribution in [0.3, 0.4) is 0 Å². The highest BCUT2D eigenvalue weighted by molar-refractivity contribution is 5.97. The van der Waals surface area contributed by atoms with E-state index in [0.29, 0.717) is 23.0 Å². The van der Waals surface area contributed by atoms with Crippen LogP contribution in [-0.2, 0) is 13.0 Å². The molecule has 3 rings (SSSR count). The van der Waals surface area contributed by atoms with Gasteiger partial charge in [-0.2, -0.15) is 0 Å². The Morgan fingerprint density at radius 2 is 1.96 bits per heavy atom. The fraction of sp³-hybridized carbons (Fsp3) is 0.571. The first kappa shape index (κ1) is 19.5. The largest absolute Gasteiger partial charge is 0.351 e. The standard InChI is InChI=1S/C21H30N4O2/c1-3-11-24(12-4-2)14-10-22-20(26)16-8-9-17-18(15-16)23-19-7-5-6-13-25(19)21(17)27/h8-9,15H,3-7,10-14H2,1-2H3,(H,22,26). The number of rotatable bonds is 8. The number of fused-ring (bicyclic) bond motifs is 2. The summed E-state index contributed by atoms with van der Waals surface area (Å²) in [5, 5.41) is 3.59. The molecular formula is C21H30N4O2. The Hall–Kier alpha value is -2.21. The molecular weight excluding hydrogens is 340 g/mol. The van der Waals surface area contributed by atoms with Crippen LogP contribution in [0.2, 0.25) is 0 Å². The van der Waals surface area contributed by atoms with Gasteiger partial charge in [-0.05, 0) is 57.0 Å². The molecule has 1 N–H and O–H groups in total. The fourth-order valence-electron chi connectivity index (χ4n) is 3.78. The Bertz CT molecular complexity index is 853. The lowest BCUT2D eigenvalue weighted by Gasteiger charge is -2.21. The van der Waals surface area contributed by atoms with E-state index in [-0.39, 0.29) is 11.5 Å². The van der Waals surface area contributed by atoms with E-state index >= 15 is 0 Å². The summed E-state index contributed by atoms with van der Waals surface area (Å²) in [4.78, 5) is 32.2. The molecule has 6 heteroatoms. The Morgan fingerprint density at radius 1 is 1.19 bits per heavy atom. The number of carbonyl (C=O) groups is 1. The van der Waals surface area contributed by atoms with Crippen LogP contribution < -0.4 is 10.9 Å². The molecule has 0 unspecified atom stereocenters. The van der Waals surface area contributed by atoms with Crippen molar-refractivity contribution in [2.45, 2.75) is 52.5 Å². The number of carbonyl (C=O) groups excluding carboxylic acids is 1. The third kappa shape index (κ3) is 4.56. The highest BCUT2D eigenvalue weighted by Crippen LogP contribution is 2.16. The van der Waals surface area contributed by atoms with Gasteiger partial charge in [0.25, 0.3) is 11.5 Å². The van der Waals surface area contributed by atoms with Crippen LogP contribution in [0.25, 0.3) is 10.9 Å². The van der Waals surface area contributed by atoms with Gasteiger partial charge in [-0.3, -0.25) is 14.2 Å². The van der Waals surface area contributed by atoms with Crippen molar-refractivity contribution >= 4 is 16.8 Å². The number of aryl methyl sites for hydroxylation is 1. The van der Waals surface area contributed by atoms with E-state index in [1.54, 1.807) is 22.8 Å². The quantitative estimate of drug-likeness (QED) is 0.776. The first-order chi connectivity index (χ1) is 13.1. The number of amides is 1. The Labute approximate surface area is 160 Å². The van der Waals surface area contributed by atoms with E-state index in [2.05, 4.69) is 29.0 Å². The van der Waals surface area contributed by atoms with Crippen molar-refractivity contribution in [3.05, 3.63) is 39.9 Å². The molecule has 6 nitrogen and oxygen atoms in total. The normalized spacial score (nSPS) is 13.7. The summed E-state index contributed by atoms with van der Waals surface area (Å²) in [6.07, 6.45) is 5.14. The van der Waals surface area contributed by atoms with E-state index in [4.69, 9.17) is 0 Å². The number of aromatic nitrogens is 2. The summed E-state index contributed by atoms with van der Waals surface area (Å²) >= 11 is 0. The molecule has 0 atom stereocenters. The average Bonchev–Trinajstić information content (AvgIpc) is 2.68. The van der Waals surface area contributed by atoms with Gasteiger partial charge in [0.05, 0.1) is 10.9 Å². The van der Waals surface area contributed by atoms with E-state index in [0.717, 1.165) is 64.1 Å². The molecule has 1 aromatic heterocycles. The molecule has 0 bridgehead atoms. The minimum atomic E-state index is -0.107. The molecule has 0 fully saturated rings. The van der Waals surface area contributed by atoms with Crippen molar-refractivity contribution in [2.24, 2.45) is 0 Å². The van der Waals surface area contributed by atoms with Crippen molar-refractivity contribution in [3.8, 4) is 0 Å². The fourth-order valence-corrected chi connectivity index (χ4v) is 3.78. The lowest BCUT2D eigenvalue weighted by atomic mass is 10.1. The highest BCUT2D eigenvalue weighted by Gasteiger charge is 2.16. The lowest BCUT2D eigenvalue weighted by Crippen LogP contribution is -2.35. The second kappa shape index (κ2) is 9.13. The van der Waals surface area contributed by atoms with Gasteiger partial charge in [0.1, 0.15) is 5.82 Å². The number of hydrogen-bond donors (Lipinski definition) is 1. The topological polar surface area (TPSA) is 67.2 Å². The van der Waals surface area contributed by atoms with Crippen molar-refractivity contribution in [3.63, 3.8) is 0 Å². The van der Waals surface area contributed by atoms with Gasteiger partial charge < -0.3 is 10.2 Å². The van der Waals surface area contributed by atoms with Crippen LogP contribution in [0.1, 0.15) is 55.7 Å². The van der Waals surface area contributed by atoms with Crippen molar-refractivity contribution in [1.29, 1.82) is 0 Å². The smallest absolute Gasteiger partial charge is 0.261 e. The molecule has 1 aliphatic heterocycles. The first-order valence-corrected chi connectivity index (χ1v) is 10.2. The summed E-state index contributed by atoms with van der Waals surface area (Å²) in [6.45, 7) is 8.67. The molecule has 0 saturated carbocycles. The Balaban J connectivity index is 1.71. The minimum Gasteiger partial charge on any atom is -0.351 e. The van der Waals surface area contributed by atoms with Crippen molar-refractivity contribution in [1.82, 2.24) is 19.8 Å². The van der Waals surface area contributed by atoms with Crippen LogP contribution in [0.4, 0.5) is 0 Å². The summed E-state index contributed by atoms with van der Waals surface area (Å²) in [6, 6.07) is 5.21. The Kier molecular flexibility index (Phi) is 6.61. The van der Waals surface area contributed by atoms with Crippen LogP contribution in [0, 0.1) is 0 Å². The highest BCUT2D eigenvalue weighted by atomic mass is 16.1. The molecule has 0 saturated heterocycles. The van der Waals surface area contributed by atoms with Crippen LogP contribution in [0.15, 0.2) is 23.0 Å². The summed E-state index contributed by atoms with van der Waals surface area (Å²) in [5.74, 6) is 0.732. The number of benzene rings is 1.